The average Bonchev–Trinajstić information content (AvgIpc) is 2.82. The summed E-state index contributed by atoms with van der Waals surface area (Å²) in [5.74, 6) is -0.636. The number of aromatic amines is 2. The van der Waals surface area contributed by atoms with E-state index in [0.29, 0.717) is 18.0 Å². The van der Waals surface area contributed by atoms with Gasteiger partial charge >= 0.3 is 5.69 Å². The summed E-state index contributed by atoms with van der Waals surface area (Å²) in [5.41, 5.74) is -1.55. The molecule has 0 aromatic carbocycles. The average molecular weight is 297 g/mol. The van der Waals surface area contributed by atoms with Crippen LogP contribution in [0, 0.1) is 0 Å². The highest BCUT2D eigenvalue weighted by atomic mass is 32.1. The predicted molar refractivity (Wildman–Crippen MR) is 71.1 cm³/mol. The molecule has 0 unspecified atom stereocenters. The Labute approximate surface area is 116 Å². The molecule has 0 spiro atoms. The Morgan fingerprint density at radius 3 is 2.90 bits per heavy atom. The minimum atomic E-state index is -0.749. The fourth-order valence-corrected chi connectivity index (χ4v) is 2.07. The number of ether oxygens (including phenoxy) is 1. The molecule has 20 heavy (non-hydrogen) atoms. The Morgan fingerprint density at radius 1 is 1.40 bits per heavy atom. The van der Waals surface area contributed by atoms with Gasteiger partial charge in [0.15, 0.2) is 0 Å². The van der Waals surface area contributed by atoms with Crippen LogP contribution in [0.4, 0.5) is 5.13 Å². The third-order valence-electron chi connectivity index (χ3n) is 2.21. The number of hydrogen-bond acceptors (Lipinski definition) is 7. The van der Waals surface area contributed by atoms with Gasteiger partial charge < -0.3 is 9.72 Å². The minimum Gasteiger partial charge on any atom is -0.384 e. The first-order chi connectivity index (χ1) is 9.58. The number of aromatic nitrogens is 4. The van der Waals surface area contributed by atoms with Gasteiger partial charge in [0.2, 0.25) is 5.13 Å². The van der Waals surface area contributed by atoms with E-state index in [1.54, 1.807) is 7.11 Å². The number of nitrogens with one attached hydrogen (secondary N) is 3. The van der Waals surface area contributed by atoms with Crippen molar-refractivity contribution < 1.29 is 9.53 Å². The lowest BCUT2D eigenvalue weighted by molar-refractivity contribution is 0.102. The van der Waals surface area contributed by atoms with Gasteiger partial charge in [0.1, 0.15) is 10.7 Å². The van der Waals surface area contributed by atoms with E-state index >= 15 is 0 Å². The molecule has 0 aliphatic rings. The third-order valence-corrected chi connectivity index (χ3v) is 3.11. The van der Waals surface area contributed by atoms with Crippen LogP contribution in [-0.4, -0.2) is 39.8 Å². The first kappa shape index (κ1) is 14.1. The molecule has 0 saturated carbocycles. The number of nitrogens with zero attached hydrogens (tertiary/aromatic N) is 2. The Bertz CT molecular complexity index is 690. The maximum Gasteiger partial charge on any atom is 0.326 e. The highest BCUT2D eigenvalue weighted by molar-refractivity contribution is 7.15. The normalized spacial score (nSPS) is 10.4. The smallest absolute Gasteiger partial charge is 0.326 e. The standard InChI is InChI=1S/C10H11N5O4S/c1-19-3-2-7-14-15-10(20-7)13-8(17)5-4-6(16)12-9(18)11-5/h4H,2-3H2,1H3,(H,13,15,17)(H2,11,12,16,18). The zero-order valence-electron chi connectivity index (χ0n) is 10.4. The zero-order chi connectivity index (χ0) is 14.5. The van der Waals surface area contributed by atoms with Gasteiger partial charge in [-0.25, -0.2) is 4.79 Å². The van der Waals surface area contributed by atoms with Crippen LogP contribution in [0.25, 0.3) is 0 Å². The Hall–Kier alpha value is -2.33. The molecular weight excluding hydrogens is 286 g/mol. The number of H-pyrrole nitrogens is 2. The number of anilines is 1. The molecule has 0 aliphatic heterocycles. The maximum atomic E-state index is 11.8. The summed E-state index contributed by atoms with van der Waals surface area (Å²) in [6.45, 7) is 0.504. The lowest BCUT2D eigenvalue weighted by Crippen LogP contribution is -2.27. The summed E-state index contributed by atoms with van der Waals surface area (Å²) in [6.07, 6.45) is 0.589. The SMILES string of the molecule is COCCc1nnc(NC(=O)c2cc(=O)[nH]c(=O)[nH]2)s1. The van der Waals surface area contributed by atoms with E-state index in [9.17, 15) is 14.4 Å². The zero-order valence-corrected chi connectivity index (χ0v) is 11.2. The fraction of sp³-hybridized carbons (Fsp3) is 0.300. The molecule has 10 heteroatoms. The molecule has 2 heterocycles. The van der Waals surface area contributed by atoms with E-state index in [2.05, 4.69) is 20.5 Å². The maximum absolute atomic E-state index is 11.8. The van der Waals surface area contributed by atoms with Gasteiger partial charge in [-0.2, -0.15) is 0 Å². The molecule has 3 N–H and O–H groups in total. The van der Waals surface area contributed by atoms with Crippen LogP contribution >= 0.6 is 11.3 Å². The second-order valence-electron chi connectivity index (χ2n) is 3.70. The molecule has 0 saturated heterocycles. The molecule has 106 valence electrons. The van der Waals surface area contributed by atoms with Gasteiger partial charge in [-0.3, -0.25) is 19.9 Å². The van der Waals surface area contributed by atoms with E-state index in [-0.39, 0.29) is 10.8 Å². The van der Waals surface area contributed by atoms with Gasteiger partial charge in [-0.15, -0.1) is 10.2 Å². The Morgan fingerprint density at radius 2 is 2.20 bits per heavy atom. The van der Waals surface area contributed by atoms with Crippen molar-refractivity contribution in [3.63, 3.8) is 0 Å². The number of amides is 1. The largest absolute Gasteiger partial charge is 0.384 e. The second-order valence-corrected chi connectivity index (χ2v) is 4.76. The number of methoxy groups -OCH3 is 1. The monoisotopic (exact) mass is 297 g/mol. The molecule has 1 amide bonds. The van der Waals surface area contributed by atoms with Crippen molar-refractivity contribution in [3.05, 3.63) is 37.6 Å². The molecule has 0 bridgehead atoms. The fourth-order valence-electron chi connectivity index (χ4n) is 1.35. The van der Waals surface area contributed by atoms with Gasteiger partial charge in [-0.1, -0.05) is 11.3 Å². The van der Waals surface area contributed by atoms with E-state index in [1.807, 2.05) is 4.98 Å². The van der Waals surface area contributed by atoms with Crippen molar-refractivity contribution >= 4 is 22.4 Å². The summed E-state index contributed by atoms with van der Waals surface area (Å²) < 4.78 is 4.91. The number of carbonyl (C=O) groups excluding carboxylic acids is 1. The van der Waals surface area contributed by atoms with Crippen LogP contribution in [0.3, 0.4) is 0 Å². The van der Waals surface area contributed by atoms with Crippen LogP contribution < -0.4 is 16.6 Å². The van der Waals surface area contributed by atoms with Gasteiger partial charge in [0.25, 0.3) is 11.5 Å². The summed E-state index contributed by atoms with van der Waals surface area (Å²) in [6, 6.07) is 0.990. The molecule has 0 radical (unpaired) electrons. The molecule has 2 aromatic rings. The molecule has 0 atom stereocenters. The Balaban J connectivity index is 2.09. The number of carbonyl (C=O) groups is 1. The van der Waals surface area contributed by atoms with Crippen LogP contribution in [0.2, 0.25) is 0 Å². The van der Waals surface area contributed by atoms with Crippen LogP contribution in [-0.2, 0) is 11.2 Å². The van der Waals surface area contributed by atoms with Crippen LogP contribution in [0.1, 0.15) is 15.5 Å². The van der Waals surface area contributed by atoms with Crippen molar-refractivity contribution in [2.45, 2.75) is 6.42 Å². The lowest BCUT2D eigenvalue weighted by atomic mass is 10.4. The van der Waals surface area contributed by atoms with Crippen molar-refractivity contribution in [1.29, 1.82) is 0 Å². The van der Waals surface area contributed by atoms with Crippen molar-refractivity contribution in [2.75, 3.05) is 19.0 Å². The Kier molecular flexibility index (Phi) is 4.38. The quantitative estimate of drug-likeness (QED) is 0.672. The summed E-state index contributed by atoms with van der Waals surface area (Å²) in [4.78, 5) is 38.2. The molecular formula is C10H11N5O4S. The molecule has 2 aromatic heterocycles. The topological polar surface area (TPSA) is 130 Å². The summed E-state index contributed by atoms with van der Waals surface area (Å²) in [5, 5.41) is 11.1. The first-order valence-electron chi connectivity index (χ1n) is 5.55. The van der Waals surface area contributed by atoms with Gasteiger partial charge in [-0.05, 0) is 0 Å². The predicted octanol–water partition coefficient (Wildman–Crippen LogP) is -0.644. The first-order valence-corrected chi connectivity index (χ1v) is 6.36. The molecule has 9 nitrogen and oxygen atoms in total. The number of rotatable bonds is 5. The van der Waals surface area contributed by atoms with E-state index < -0.39 is 17.2 Å². The van der Waals surface area contributed by atoms with E-state index in [0.717, 1.165) is 6.07 Å². The molecule has 2 rings (SSSR count). The van der Waals surface area contributed by atoms with E-state index in [1.165, 1.54) is 11.3 Å². The van der Waals surface area contributed by atoms with Crippen LogP contribution in [0.5, 0.6) is 0 Å². The third kappa shape index (κ3) is 3.59. The van der Waals surface area contributed by atoms with Gasteiger partial charge in [0, 0.05) is 19.6 Å². The number of hydrogen-bond donors (Lipinski definition) is 3. The molecule has 0 fully saturated rings. The van der Waals surface area contributed by atoms with Crippen molar-refractivity contribution in [2.24, 2.45) is 0 Å². The molecule has 0 aliphatic carbocycles. The van der Waals surface area contributed by atoms with E-state index in [4.69, 9.17) is 4.74 Å². The summed E-state index contributed by atoms with van der Waals surface area (Å²) in [7, 11) is 1.58. The lowest BCUT2D eigenvalue weighted by Gasteiger charge is -1.99. The highest BCUT2D eigenvalue weighted by Crippen LogP contribution is 2.16. The minimum absolute atomic E-state index is 0.146. The van der Waals surface area contributed by atoms with Gasteiger partial charge in [0.05, 0.1) is 6.61 Å². The second kappa shape index (κ2) is 6.21. The highest BCUT2D eigenvalue weighted by Gasteiger charge is 2.11. The van der Waals surface area contributed by atoms with Crippen molar-refractivity contribution in [1.82, 2.24) is 20.2 Å². The van der Waals surface area contributed by atoms with Crippen molar-refractivity contribution in [3.8, 4) is 0 Å². The summed E-state index contributed by atoms with van der Waals surface area (Å²) >= 11 is 1.19. The van der Waals surface area contributed by atoms with Crippen LogP contribution in [0.15, 0.2) is 15.7 Å².